The van der Waals surface area contributed by atoms with Crippen molar-refractivity contribution in [1.29, 1.82) is 0 Å². The molecule has 0 saturated heterocycles. The van der Waals surface area contributed by atoms with Crippen LogP contribution in [0.4, 0.5) is 15.8 Å². The van der Waals surface area contributed by atoms with Crippen LogP contribution in [0.25, 0.3) is 0 Å². The second kappa shape index (κ2) is 6.10. The molecule has 2 aromatic rings. The maximum Gasteiger partial charge on any atom is 0.175 e. The van der Waals surface area contributed by atoms with Crippen LogP contribution >= 0.6 is 34.8 Å². The second-order valence-electron chi connectivity index (χ2n) is 3.57. The molecule has 2 nitrogen and oxygen atoms in total. The number of thiocarbonyl (C=S) groups is 1. The van der Waals surface area contributed by atoms with E-state index in [1.807, 2.05) is 24.3 Å². The third kappa shape index (κ3) is 3.64. The standard InChI is InChI=1S/C13H10FIN2S/c14-11-3-1-2-4-12(11)17-13(18)16-10-7-5-9(15)6-8-10/h1-8H,(H2,16,17,18). The van der Waals surface area contributed by atoms with Gasteiger partial charge in [0.2, 0.25) is 0 Å². The molecule has 0 bridgehead atoms. The molecular weight excluding hydrogens is 362 g/mol. The number of hydrogen-bond donors (Lipinski definition) is 2. The normalized spacial score (nSPS) is 9.89. The summed E-state index contributed by atoms with van der Waals surface area (Å²) in [5, 5.41) is 6.17. The van der Waals surface area contributed by atoms with E-state index in [9.17, 15) is 4.39 Å². The molecule has 0 aliphatic carbocycles. The molecule has 2 N–H and O–H groups in total. The molecule has 0 heterocycles. The molecule has 0 saturated carbocycles. The van der Waals surface area contributed by atoms with Crippen molar-refractivity contribution in [3.8, 4) is 0 Å². The first-order chi connectivity index (χ1) is 8.65. The highest BCUT2D eigenvalue weighted by molar-refractivity contribution is 14.1. The Morgan fingerprint density at radius 3 is 2.33 bits per heavy atom. The molecule has 0 aliphatic heterocycles. The maximum absolute atomic E-state index is 13.4. The van der Waals surface area contributed by atoms with Gasteiger partial charge in [0.05, 0.1) is 5.69 Å². The highest BCUT2D eigenvalue weighted by atomic mass is 127. The van der Waals surface area contributed by atoms with Gasteiger partial charge in [0.25, 0.3) is 0 Å². The Morgan fingerprint density at radius 1 is 1.00 bits per heavy atom. The minimum atomic E-state index is -0.329. The van der Waals surface area contributed by atoms with E-state index in [-0.39, 0.29) is 5.82 Å². The van der Waals surface area contributed by atoms with Crippen LogP contribution in [0, 0.1) is 9.39 Å². The Kier molecular flexibility index (Phi) is 4.48. The Hall–Kier alpha value is -1.21. The highest BCUT2D eigenvalue weighted by Crippen LogP contribution is 2.14. The molecular formula is C13H10FIN2S. The van der Waals surface area contributed by atoms with E-state index >= 15 is 0 Å². The van der Waals surface area contributed by atoms with Crippen LogP contribution in [0.2, 0.25) is 0 Å². The van der Waals surface area contributed by atoms with Crippen LogP contribution in [0.3, 0.4) is 0 Å². The van der Waals surface area contributed by atoms with Crippen molar-refractivity contribution in [3.05, 3.63) is 57.9 Å². The molecule has 18 heavy (non-hydrogen) atoms. The zero-order valence-corrected chi connectivity index (χ0v) is 12.3. The zero-order valence-electron chi connectivity index (χ0n) is 9.28. The summed E-state index contributed by atoms with van der Waals surface area (Å²) in [7, 11) is 0. The van der Waals surface area contributed by atoms with Gasteiger partial charge >= 0.3 is 0 Å². The molecule has 0 atom stereocenters. The third-order valence-corrected chi connectivity index (χ3v) is 3.15. The first kappa shape index (κ1) is 13.2. The number of benzene rings is 2. The summed E-state index contributed by atoms with van der Waals surface area (Å²) in [5.41, 5.74) is 1.23. The molecule has 2 rings (SSSR count). The molecule has 0 radical (unpaired) electrons. The fraction of sp³-hybridized carbons (Fsp3) is 0. The number of hydrogen-bond acceptors (Lipinski definition) is 1. The number of anilines is 2. The van der Waals surface area contributed by atoms with Crippen LogP contribution in [0.5, 0.6) is 0 Å². The van der Waals surface area contributed by atoms with Gasteiger partial charge in [-0.3, -0.25) is 0 Å². The van der Waals surface area contributed by atoms with E-state index < -0.39 is 0 Å². The molecule has 0 amide bonds. The highest BCUT2D eigenvalue weighted by Gasteiger charge is 2.03. The van der Waals surface area contributed by atoms with Gasteiger partial charge in [-0.1, -0.05) is 12.1 Å². The first-order valence-electron chi connectivity index (χ1n) is 5.23. The third-order valence-electron chi connectivity index (χ3n) is 2.22. The Bertz CT molecular complexity index is 557. The van der Waals surface area contributed by atoms with Crippen molar-refractivity contribution in [2.75, 3.05) is 10.6 Å². The summed E-state index contributed by atoms with van der Waals surface area (Å²) in [6.07, 6.45) is 0. The van der Waals surface area contributed by atoms with E-state index in [0.29, 0.717) is 10.8 Å². The average molecular weight is 372 g/mol. The smallest absolute Gasteiger partial charge is 0.175 e. The lowest BCUT2D eigenvalue weighted by molar-refractivity contribution is 0.632. The van der Waals surface area contributed by atoms with Gasteiger partial charge in [-0.15, -0.1) is 0 Å². The van der Waals surface area contributed by atoms with Crippen molar-refractivity contribution >= 4 is 51.3 Å². The number of para-hydroxylation sites is 1. The van der Waals surface area contributed by atoms with Crippen molar-refractivity contribution in [2.24, 2.45) is 0 Å². The lowest BCUT2D eigenvalue weighted by atomic mass is 10.3. The van der Waals surface area contributed by atoms with E-state index in [1.165, 1.54) is 6.07 Å². The molecule has 5 heteroatoms. The summed E-state index contributed by atoms with van der Waals surface area (Å²) in [5.74, 6) is -0.329. The van der Waals surface area contributed by atoms with Gasteiger partial charge in [0.15, 0.2) is 5.11 Å². The molecule has 0 aliphatic rings. The molecule has 92 valence electrons. The summed E-state index contributed by atoms with van der Waals surface area (Å²) in [6.45, 7) is 0. The van der Waals surface area contributed by atoms with Gasteiger partial charge in [0.1, 0.15) is 5.82 Å². The minimum Gasteiger partial charge on any atom is -0.332 e. The van der Waals surface area contributed by atoms with E-state index in [1.54, 1.807) is 18.2 Å². The Balaban J connectivity index is 2.01. The molecule has 0 aromatic heterocycles. The zero-order chi connectivity index (χ0) is 13.0. The largest absolute Gasteiger partial charge is 0.332 e. The lowest BCUT2D eigenvalue weighted by Gasteiger charge is -2.11. The van der Waals surface area contributed by atoms with E-state index in [4.69, 9.17) is 12.2 Å². The fourth-order valence-corrected chi connectivity index (χ4v) is 1.97. The van der Waals surface area contributed by atoms with Crippen molar-refractivity contribution < 1.29 is 4.39 Å². The quantitative estimate of drug-likeness (QED) is 0.609. The SMILES string of the molecule is Fc1ccccc1NC(=S)Nc1ccc(I)cc1. The maximum atomic E-state index is 13.4. The minimum absolute atomic E-state index is 0.329. The van der Waals surface area contributed by atoms with E-state index in [0.717, 1.165) is 9.26 Å². The topological polar surface area (TPSA) is 24.1 Å². The fourth-order valence-electron chi connectivity index (χ4n) is 1.38. The van der Waals surface area contributed by atoms with Gasteiger partial charge in [-0.2, -0.15) is 0 Å². The predicted molar refractivity (Wildman–Crippen MR) is 85.4 cm³/mol. The summed E-state index contributed by atoms with van der Waals surface area (Å²) >= 11 is 7.35. The van der Waals surface area contributed by atoms with Crippen LogP contribution < -0.4 is 10.6 Å². The monoisotopic (exact) mass is 372 g/mol. The first-order valence-corrected chi connectivity index (χ1v) is 6.72. The molecule has 2 aromatic carbocycles. The van der Waals surface area contributed by atoms with Gasteiger partial charge < -0.3 is 10.6 Å². The van der Waals surface area contributed by atoms with E-state index in [2.05, 4.69) is 33.2 Å². The number of halogens is 2. The Morgan fingerprint density at radius 2 is 1.67 bits per heavy atom. The summed E-state index contributed by atoms with van der Waals surface area (Å²) in [6, 6.07) is 14.2. The van der Waals surface area contributed by atoms with Crippen LogP contribution in [-0.2, 0) is 0 Å². The number of rotatable bonds is 2. The van der Waals surface area contributed by atoms with Gasteiger partial charge in [-0.25, -0.2) is 4.39 Å². The predicted octanol–water partition coefficient (Wildman–Crippen LogP) is 4.24. The molecule has 0 spiro atoms. The van der Waals surface area contributed by atoms with Crippen molar-refractivity contribution in [2.45, 2.75) is 0 Å². The summed E-state index contributed by atoms with van der Waals surface area (Å²) in [4.78, 5) is 0. The van der Waals surface area contributed by atoms with Crippen LogP contribution in [0.15, 0.2) is 48.5 Å². The van der Waals surface area contributed by atoms with Gasteiger partial charge in [-0.05, 0) is 71.2 Å². The van der Waals surface area contributed by atoms with Gasteiger partial charge in [0, 0.05) is 9.26 Å². The van der Waals surface area contributed by atoms with Crippen molar-refractivity contribution in [1.82, 2.24) is 0 Å². The van der Waals surface area contributed by atoms with Crippen LogP contribution in [-0.4, -0.2) is 5.11 Å². The number of nitrogens with one attached hydrogen (secondary N) is 2. The van der Waals surface area contributed by atoms with Crippen molar-refractivity contribution in [3.63, 3.8) is 0 Å². The lowest BCUT2D eigenvalue weighted by Crippen LogP contribution is -2.19. The second-order valence-corrected chi connectivity index (χ2v) is 5.22. The molecule has 0 fully saturated rings. The summed E-state index contributed by atoms with van der Waals surface area (Å²) < 4.78 is 14.5. The Labute approximate surface area is 124 Å². The average Bonchev–Trinajstić information content (AvgIpc) is 2.35. The molecule has 0 unspecified atom stereocenters. The van der Waals surface area contributed by atoms with Crippen LogP contribution in [0.1, 0.15) is 0 Å².